The summed E-state index contributed by atoms with van der Waals surface area (Å²) in [4.78, 5) is 24.6. The van der Waals surface area contributed by atoms with Crippen LogP contribution in [-0.2, 0) is 4.79 Å². The van der Waals surface area contributed by atoms with Crippen LogP contribution in [0.25, 0.3) is 0 Å². The lowest BCUT2D eigenvalue weighted by atomic mass is 10.0. The van der Waals surface area contributed by atoms with Crippen LogP contribution in [0.1, 0.15) is 23.5 Å². The highest BCUT2D eigenvalue weighted by Gasteiger charge is 2.17. The second kappa shape index (κ2) is 7.20. The Balaban J connectivity index is 2.04. The number of rotatable bonds is 5. The number of benzene rings is 1. The first kappa shape index (κ1) is 16.2. The van der Waals surface area contributed by atoms with E-state index in [4.69, 9.17) is 5.73 Å². The summed E-state index contributed by atoms with van der Waals surface area (Å²) < 4.78 is 0. The molecule has 1 atom stereocenters. The minimum absolute atomic E-state index is 0.0571. The van der Waals surface area contributed by atoms with Crippen molar-refractivity contribution in [2.75, 3.05) is 10.6 Å². The first-order valence-corrected chi connectivity index (χ1v) is 7.86. The molecule has 1 aromatic carbocycles. The summed E-state index contributed by atoms with van der Waals surface area (Å²) in [6.07, 6.45) is 0. The van der Waals surface area contributed by atoms with Gasteiger partial charge in [-0.25, -0.2) is 0 Å². The number of anilines is 2. The van der Waals surface area contributed by atoms with Gasteiger partial charge in [-0.05, 0) is 35.6 Å². The molecule has 116 valence electrons. The largest absolute Gasteiger partial charge is 0.325 e. The number of nitrogens with one attached hydrogen (secondary N) is 2. The van der Waals surface area contributed by atoms with Gasteiger partial charge in [0.25, 0.3) is 5.91 Å². The van der Waals surface area contributed by atoms with Crippen LogP contribution in [0.15, 0.2) is 41.8 Å². The van der Waals surface area contributed by atoms with Gasteiger partial charge in [0.05, 0.1) is 10.9 Å². The third kappa shape index (κ3) is 4.16. The minimum Gasteiger partial charge on any atom is -0.325 e. The van der Waals surface area contributed by atoms with Crippen molar-refractivity contribution in [3.63, 3.8) is 0 Å². The summed E-state index contributed by atoms with van der Waals surface area (Å²) in [6.45, 7) is 3.78. The second-order valence-electron chi connectivity index (χ2n) is 5.27. The molecule has 0 aliphatic rings. The summed E-state index contributed by atoms with van der Waals surface area (Å²) in [5.74, 6) is -0.351. The zero-order valence-corrected chi connectivity index (χ0v) is 13.3. The SMILES string of the molecule is CC(C)C(N)C(=O)Nc1cccc(NC(=O)c2cccs2)c1. The van der Waals surface area contributed by atoms with Gasteiger partial charge in [0.2, 0.25) is 5.91 Å². The Kier molecular flexibility index (Phi) is 5.30. The van der Waals surface area contributed by atoms with E-state index in [1.54, 1.807) is 30.3 Å². The van der Waals surface area contributed by atoms with Gasteiger partial charge in [-0.3, -0.25) is 9.59 Å². The van der Waals surface area contributed by atoms with Crippen LogP contribution in [0, 0.1) is 5.92 Å². The van der Waals surface area contributed by atoms with Crippen LogP contribution < -0.4 is 16.4 Å². The normalized spacial score (nSPS) is 12.0. The summed E-state index contributed by atoms with van der Waals surface area (Å²) in [7, 11) is 0. The zero-order chi connectivity index (χ0) is 16.1. The molecule has 1 heterocycles. The van der Waals surface area contributed by atoms with Crippen molar-refractivity contribution in [2.45, 2.75) is 19.9 Å². The van der Waals surface area contributed by atoms with Gasteiger partial charge < -0.3 is 16.4 Å². The number of hydrogen-bond acceptors (Lipinski definition) is 4. The lowest BCUT2D eigenvalue weighted by molar-refractivity contribution is -0.118. The van der Waals surface area contributed by atoms with E-state index in [0.717, 1.165) is 0 Å². The van der Waals surface area contributed by atoms with E-state index in [9.17, 15) is 9.59 Å². The van der Waals surface area contributed by atoms with Crippen LogP contribution in [-0.4, -0.2) is 17.9 Å². The molecule has 1 unspecified atom stereocenters. The smallest absolute Gasteiger partial charge is 0.265 e. The van der Waals surface area contributed by atoms with Crippen molar-refractivity contribution in [3.05, 3.63) is 46.7 Å². The van der Waals surface area contributed by atoms with Crippen molar-refractivity contribution in [1.29, 1.82) is 0 Å². The van der Waals surface area contributed by atoms with Gasteiger partial charge in [-0.1, -0.05) is 26.0 Å². The van der Waals surface area contributed by atoms with E-state index in [1.807, 2.05) is 25.3 Å². The fourth-order valence-electron chi connectivity index (χ4n) is 1.80. The monoisotopic (exact) mass is 317 g/mol. The highest BCUT2D eigenvalue weighted by atomic mass is 32.1. The van der Waals surface area contributed by atoms with E-state index >= 15 is 0 Å². The summed E-state index contributed by atoms with van der Waals surface area (Å²) in [5.41, 5.74) is 7.03. The number of carbonyl (C=O) groups is 2. The second-order valence-corrected chi connectivity index (χ2v) is 6.22. The minimum atomic E-state index is -0.565. The van der Waals surface area contributed by atoms with E-state index in [1.165, 1.54) is 11.3 Å². The average Bonchev–Trinajstić information content (AvgIpc) is 3.01. The molecule has 0 fully saturated rings. The number of thiophene rings is 1. The molecule has 5 nitrogen and oxygen atoms in total. The lowest BCUT2D eigenvalue weighted by Gasteiger charge is -2.15. The van der Waals surface area contributed by atoms with E-state index in [0.29, 0.717) is 16.3 Å². The first-order valence-electron chi connectivity index (χ1n) is 6.98. The highest BCUT2D eigenvalue weighted by Crippen LogP contribution is 2.18. The average molecular weight is 317 g/mol. The zero-order valence-electron chi connectivity index (χ0n) is 12.5. The van der Waals surface area contributed by atoms with Gasteiger partial charge in [0.1, 0.15) is 0 Å². The predicted molar refractivity (Wildman–Crippen MR) is 90.2 cm³/mol. The van der Waals surface area contributed by atoms with Gasteiger partial charge in [-0.2, -0.15) is 0 Å². The summed E-state index contributed by atoms with van der Waals surface area (Å²) in [6, 6.07) is 10.0. The molecule has 1 aromatic heterocycles. The molecule has 0 radical (unpaired) electrons. The molecule has 2 aromatic rings. The predicted octanol–water partition coefficient (Wildman–Crippen LogP) is 2.92. The molecule has 0 bridgehead atoms. The highest BCUT2D eigenvalue weighted by molar-refractivity contribution is 7.12. The van der Waals surface area contributed by atoms with Crippen LogP contribution >= 0.6 is 11.3 Å². The fraction of sp³-hybridized carbons (Fsp3) is 0.250. The van der Waals surface area contributed by atoms with Crippen molar-refractivity contribution >= 4 is 34.5 Å². The molecule has 6 heteroatoms. The van der Waals surface area contributed by atoms with Crippen LogP contribution in [0.2, 0.25) is 0 Å². The molecule has 22 heavy (non-hydrogen) atoms. The van der Waals surface area contributed by atoms with Crippen LogP contribution in [0.4, 0.5) is 11.4 Å². The number of nitrogens with two attached hydrogens (primary N) is 1. The maximum absolute atomic E-state index is 12.0. The molecule has 0 spiro atoms. The Hall–Kier alpha value is -2.18. The van der Waals surface area contributed by atoms with Crippen molar-refractivity contribution in [2.24, 2.45) is 11.7 Å². The van der Waals surface area contributed by atoms with Gasteiger partial charge in [0.15, 0.2) is 0 Å². The van der Waals surface area contributed by atoms with Gasteiger partial charge in [0, 0.05) is 11.4 Å². The maximum Gasteiger partial charge on any atom is 0.265 e. The van der Waals surface area contributed by atoms with Crippen molar-refractivity contribution < 1.29 is 9.59 Å². The molecular weight excluding hydrogens is 298 g/mol. The molecule has 0 saturated carbocycles. The lowest BCUT2D eigenvalue weighted by Crippen LogP contribution is -2.39. The maximum atomic E-state index is 12.0. The Morgan fingerprint density at radius 3 is 2.36 bits per heavy atom. The van der Waals surface area contributed by atoms with Crippen molar-refractivity contribution in [3.8, 4) is 0 Å². The third-order valence-corrected chi connectivity index (χ3v) is 4.02. The van der Waals surface area contributed by atoms with E-state index in [-0.39, 0.29) is 17.7 Å². The quantitative estimate of drug-likeness (QED) is 0.792. The third-order valence-electron chi connectivity index (χ3n) is 3.15. The Morgan fingerprint density at radius 2 is 1.77 bits per heavy atom. The molecule has 2 amide bonds. The summed E-state index contributed by atoms with van der Waals surface area (Å²) in [5, 5.41) is 7.40. The summed E-state index contributed by atoms with van der Waals surface area (Å²) >= 11 is 1.37. The molecule has 0 aliphatic carbocycles. The first-order chi connectivity index (χ1) is 10.5. The topological polar surface area (TPSA) is 84.2 Å². The molecule has 0 aliphatic heterocycles. The van der Waals surface area contributed by atoms with Crippen LogP contribution in [0.5, 0.6) is 0 Å². The van der Waals surface area contributed by atoms with E-state index in [2.05, 4.69) is 10.6 Å². The van der Waals surface area contributed by atoms with Crippen molar-refractivity contribution in [1.82, 2.24) is 0 Å². The van der Waals surface area contributed by atoms with Crippen LogP contribution in [0.3, 0.4) is 0 Å². The van der Waals surface area contributed by atoms with Gasteiger partial charge in [-0.15, -0.1) is 11.3 Å². The number of carbonyl (C=O) groups excluding carboxylic acids is 2. The Morgan fingerprint density at radius 1 is 1.09 bits per heavy atom. The number of amides is 2. The standard InChI is InChI=1S/C16H19N3O2S/c1-10(2)14(17)16(21)19-12-6-3-5-11(9-12)18-15(20)13-7-4-8-22-13/h3-10,14H,17H2,1-2H3,(H,18,20)(H,19,21). The molecule has 0 saturated heterocycles. The molecular formula is C16H19N3O2S. The number of hydrogen-bond donors (Lipinski definition) is 3. The Bertz CT molecular complexity index is 653. The van der Waals surface area contributed by atoms with E-state index < -0.39 is 6.04 Å². The fourth-order valence-corrected chi connectivity index (χ4v) is 2.42. The molecule has 2 rings (SSSR count). The Labute approximate surface area is 133 Å². The van der Waals surface area contributed by atoms with Gasteiger partial charge >= 0.3 is 0 Å². The molecule has 4 N–H and O–H groups in total.